The Morgan fingerprint density at radius 3 is 2.57 bits per heavy atom. The van der Waals surface area contributed by atoms with Crippen LogP contribution in [0.4, 0.5) is 5.69 Å². The number of hydrogen-bond donors (Lipinski definition) is 2. The molecule has 0 radical (unpaired) electrons. The van der Waals surface area contributed by atoms with Crippen LogP contribution in [0.1, 0.15) is 17.4 Å². The van der Waals surface area contributed by atoms with E-state index in [1.807, 2.05) is 43.3 Å². The molecule has 1 aromatic heterocycles. The molecule has 0 saturated carbocycles. The van der Waals surface area contributed by atoms with E-state index >= 15 is 0 Å². The third-order valence-corrected chi connectivity index (χ3v) is 5.91. The van der Waals surface area contributed by atoms with E-state index in [0.717, 1.165) is 17.1 Å². The quantitative estimate of drug-likeness (QED) is 0.677. The fourth-order valence-corrected chi connectivity index (χ4v) is 4.22. The fourth-order valence-electron chi connectivity index (χ4n) is 2.97. The fraction of sp³-hybridized carbons (Fsp3) is 0.211. The number of methoxy groups -OCH3 is 1. The van der Waals surface area contributed by atoms with E-state index in [2.05, 4.69) is 20.9 Å². The highest BCUT2D eigenvalue weighted by Gasteiger charge is 2.37. The van der Waals surface area contributed by atoms with Crippen molar-refractivity contribution in [2.45, 2.75) is 23.4 Å². The van der Waals surface area contributed by atoms with Gasteiger partial charge in [-0.05, 0) is 48.9 Å². The number of thioether (sulfide) groups is 1. The number of hydrogen-bond acceptors (Lipinski definition) is 6. The van der Waals surface area contributed by atoms with Crippen molar-refractivity contribution in [2.75, 3.05) is 17.9 Å². The van der Waals surface area contributed by atoms with Crippen molar-refractivity contribution in [1.29, 1.82) is 0 Å². The average Bonchev–Trinajstić information content (AvgIpc) is 3.08. The highest BCUT2D eigenvalue weighted by molar-refractivity contribution is 8.00. The zero-order valence-corrected chi connectivity index (χ0v) is 16.8. The third-order valence-electron chi connectivity index (χ3n) is 4.44. The summed E-state index contributed by atoms with van der Waals surface area (Å²) >= 11 is 7.41. The number of nitrogens with zero attached hydrogens (tertiary/aromatic N) is 3. The molecule has 0 spiro atoms. The molecular weight excluding hydrogens is 398 g/mol. The Kier molecular flexibility index (Phi) is 5.15. The molecule has 0 bridgehead atoms. The van der Waals surface area contributed by atoms with E-state index in [9.17, 15) is 4.79 Å². The minimum atomic E-state index is -0.445. The maximum Gasteiger partial charge on any atom is 0.240 e. The van der Waals surface area contributed by atoms with Gasteiger partial charge in [0.15, 0.2) is 0 Å². The predicted molar refractivity (Wildman–Crippen MR) is 110 cm³/mol. The number of aromatic nitrogens is 3. The Labute approximate surface area is 171 Å². The Hall–Kier alpha value is -2.71. The van der Waals surface area contributed by atoms with Crippen LogP contribution in [0.25, 0.3) is 0 Å². The zero-order chi connectivity index (χ0) is 19.7. The lowest BCUT2D eigenvalue weighted by Crippen LogP contribution is -2.41. The van der Waals surface area contributed by atoms with E-state index < -0.39 is 5.25 Å². The second-order valence-electron chi connectivity index (χ2n) is 6.28. The lowest BCUT2D eigenvalue weighted by molar-refractivity contribution is -0.116. The zero-order valence-electron chi connectivity index (χ0n) is 15.2. The molecule has 2 unspecified atom stereocenters. The second kappa shape index (κ2) is 7.73. The summed E-state index contributed by atoms with van der Waals surface area (Å²) in [6.07, 6.45) is 0. The van der Waals surface area contributed by atoms with E-state index in [1.54, 1.807) is 23.9 Å². The Balaban J connectivity index is 1.62. The van der Waals surface area contributed by atoms with Crippen LogP contribution in [0.5, 0.6) is 5.75 Å². The maximum atomic E-state index is 13.1. The monoisotopic (exact) mass is 415 g/mol. The Morgan fingerprint density at radius 1 is 1.18 bits per heavy atom. The molecule has 28 heavy (non-hydrogen) atoms. The summed E-state index contributed by atoms with van der Waals surface area (Å²) < 4.78 is 6.97. The van der Waals surface area contributed by atoms with Crippen molar-refractivity contribution in [3.63, 3.8) is 0 Å². The first-order chi connectivity index (χ1) is 13.5. The summed E-state index contributed by atoms with van der Waals surface area (Å²) in [5, 5.41) is 12.1. The van der Waals surface area contributed by atoms with Crippen LogP contribution in [-0.2, 0) is 4.79 Å². The van der Waals surface area contributed by atoms with E-state index in [-0.39, 0.29) is 11.9 Å². The molecule has 2 heterocycles. The van der Waals surface area contributed by atoms with Gasteiger partial charge in [-0.3, -0.25) is 4.79 Å². The molecule has 144 valence electrons. The molecule has 9 heteroatoms. The summed E-state index contributed by atoms with van der Waals surface area (Å²) in [5.74, 6) is 1.33. The standard InChI is InChI=1S/C19H18ClN5O2S/c1-11-22-23-19-25(11)24-16(12-3-5-13(20)6-4-12)17(28-19)18(26)21-14-7-9-15(27-2)10-8-14/h3-10,16-17,24H,1-2H3,(H,21,26). The lowest BCUT2D eigenvalue weighted by Gasteiger charge is -2.32. The number of carbonyl (C=O) groups excluding carboxylic acids is 1. The van der Waals surface area contributed by atoms with Gasteiger partial charge < -0.3 is 15.5 Å². The van der Waals surface area contributed by atoms with Crippen molar-refractivity contribution >= 4 is 35.0 Å². The van der Waals surface area contributed by atoms with Gasteiger partial charge in [0.1, 0.15) is 16.8 Å². The highest BCUT2D eigenvalue weighted by atomic mass is 35.5. The van der Waals surface area contributed by atoms with Crippen LogP contribution in [-0.4, -0.2) is 33.1 Å². The van der Waals surface area contributed by atoms with Crippen molar-refractivity contribution in [1.82, 2.24) is 14.9 Å². The van der Waals surface area contributed by atoms with Gasteiger partial charge >= 0.3 is 0 Å². The number of halogens is 1. The number of aryl methyl sites for hydroxylation is 1. The molecule has 1 amide bonds. The van der Waals surface area contributed by atoms with Gasteiger partial charge in [-0.25, -0.2) is 4.68 Å². The molecule has 2 atom stereocenters. The van der Waals surface area contributed by atoms with Crippen molar-refractivity contribution < 1.29 is 9.53 Å². The smallest absolute Gasteiger partial charge is 0.240 e. The summed E-state index contributed by atoms with van der Waals surface area (Å²) in [6, 6.07) is 14.4. The van der Waals surface area contributed by atoms with Gasteiger partial charge in [0.05, 0.1) is 13.2 Å². The lowest BCUT2D eigenvalue weighted by atomic mass is 10.0. The first kappa shape index (κ1) is 18.6. The molecule has 0 aliphatic carbocycles. The summed E-state index contributed by atoms with van der Waals surface area (Å²) in [7, 11) is 1.60. The Morgan fingerprint density at radius 2 is 1.89 bits per heavy atom. The molecule has 1 aliphatic heterocycles. The van der Waals surface area contributed by atoms with Crippen LogP contribution in [0, 0.1) is 6.92 Å². The van der Waals surface area contributed by atoms with Crippen molar-refractivity contribution in [3.05, 3.63) is 64.9 Å². The number of ether oxygens (including phenoxy) is 1. The number of rotatable bonds is 4. The molecule has 7 nitrogen and oxygen atoms in total. The predicted octanol–water partition coefficient (Wildman–Crippen LogP) is 3.65. The maximum absolute atomic E-state index is 13.1. The van der Waals surface area contributed by atoms with Gasteiger partial charge in [0.25, 0.3) is 0 Å². The molecule has 0 saturated heterocycles. The van der Waals surface area contributed by atoms with Gasteiger partial charge in [-0.15, -0.1) is 10.2 Å². The summed E-state index contributed by atoms with van der Waals surface area (Å²) in [6.45, 7) is 1.86. The number of amides is 1. The van der Waals surface area contributed by atoms with Crippen LogP contribution < -0.4 is 15.5 Å². The summed E-state index contributed by atoms with van der Waals surface area (Å²) in [5.41, 5.74) is 5.01. The first-order valence-corrected chi connectivity index (χ1v) is 9.86. The van der Waals surface area contributed by atoms with Crippen molar-refractivity contribution in [2.24, 2.45) is 0 Å². The summed E-state index contributed by atoms with van der Waals surface area (Å²) in [4.78, 5) is 13.1. The molecule has 4 rings (SSSR count). The number of fused-ring (bicyclic) bond motifs is 1. The molecule has 2 aromatic carbocycles. The largest absolute Gasteiger partial charge is 0.497 e. The highest BCUT2D eigenvalue weighted by Crippen LogP contribution is 2.37. The molecule has 0 fully saturated rings. The normalized spacial score (nSPS) is 18.1. The van der Waals surface area contributed by atoms with E-state index in [0.29, 0.717) is 15.9 Å². The van der Waals surface area contributed by atoms with E-state index in [4.69, 9.17) is 16.3 Å². The van der Waals surface area contributed by atoms with Crippen LogP contribution in [0.15, 0.2) is 53.7 Å². The van der Waals surface area contributed by atoms with Crippen molar-refractivity contribution in [3.8, 4) is 5.75 Å². The molecular formula is C19H18ClN5O2S. The molecule has 3 aromatic rings. The van der Waals surface area contributed by atoms with Gasteiger partial charge in [0, 0.05) is 10.7 Å². The first-order valence-electron chi connectivity index (χ1n) is 8.61. The molecule has 1 aliphatic rings. The number of nitrogens with one attached hydrogen (secondary N) is 2. The van der Waals surface area contributed by atoms with E-state index in [1.165, 1.54) is 11.8 Å². The SMILES string of the molecule is COc1ccc(NC(=O)C2Sc3nnc(C)n3NC2c2ccc(Cl)cc2)cc1. The number of carbonyl (C=O) groups is 1. The van der Waals surface area contributed by atoms with Crippen LogP contribution in [0.3, 0.4) is 0 Å². The van der Waals surface area contributed by atoms with Crippen LogP contribution >= 0.6 is 23.4 Å². The van der Waals surface area contributed by atoms with Gasteiger partial charge in [-0.2, -0.15) is 0 Å². The molecule has 2 N–H and O–H groups in total. The third kappa shape index (κ3) is 3.65. The van der Waals surface area contributed by atoms with Gasteiger partial charge in [-0.1, -0.05) is 35.5 Å². The van der Waals surface area contributed by atoms with Crippen LogP contribution in [0.2, 0.25) is 5.02 Å². The minimum absolute atomic E-state index is 0.130. The number of anilines is 1. The topological polar surface area (TPSA) is 81.1 Å². The average molecular weight is 416 g/mol. The van der Waals surface area contributed by atoms with Gasteiger partial charge in [0.2, 0.25) is 11.1 Å². The Bertz CT molecular complexity index is 991. The minimum Gasteiger partial charge on any atom is -0.497 e. The number of benzene rings is 2. The second-order valence-corrected chi connectivity index (χ2v) is 7.82.